The van der Waals surface area contributed by atoms with Gasteiger partial charge in [-0.1, -0.05) is 80.3 Å². The van der Waals surface area contributed by atoms with E-state index in [0.717, 1.165) is 50.0 Å². The molecule has 0 unspecified atom stereocenters. The van der Waals surface area contributed by atoms with Crippen LogP contribution in [0.25, 0.3) is 38.1 Å². The van der Waals surface area contributed by atoms with Crippen LogP contribution in [0, 0.1) is 13.0 Å². The third kappa shape index (κ3) is 5.69. The first-order valence-electron chi connectivity index (χ1n) is 12.4. The number of allylic oxidation sites excluding steroid dienone is 2. The van der Waals surface area contributed by atoms with E-state index < -0.39 is 0 Å². The Morgan fingerprint density at radius 1 is 1.03 bits per heavy atom. The number of aromatic nitrogens is 1. The number of carbonyl (C=O) groups is 1. The van der Waals surface area contributed by atoms with E-state index in [2.05, 4.69) is 53.6 Å². The SMILES string of the molecule is CC(=O)/C=C(/C)[N-]C1CCCCC1.Cc1cc2c3c(nccc3c1)-c1[c-]c3ccccc3cc1O2.[Ir]. The number of nitrogens with zero attached hydrogens (tertiary/aromatic N) is 2. The number of benzene rings is 3. The van der Waals surface area contributed by atoms with Gasteiger partial charge in [0.1, 0.15) is 5.75 Å². The van der Waals surface area contributed by atoms with Gasteiger partial charge in [-0.2, -0.15) is 5.70 Å². The minimum atomic E-state index is 0. The Bertz CT molecular complexity index is 1440. The largest absolute Gasteiger partial charge is 0.685 e. The fourth-order valence-electron chi connectivity index (χ4n) is 5.04. The third-order valence-electron chi connectivity index (χ3n) is 6.55. The Morgan fingerprint density at radius 2 is 1.81 bits per heavy atom. The molecule has 0 amide bonds. The van der Waals surface area contributed by atoms with E-state index in [1.54, 1.807) is 13.0 Å². The van der Waals surface area contributed by atoms with Gasteiger partial charge < -0.3 is 10.1 Å². The fraction of sp³-hybridized carbons (Fsp3) is 0.290. The second kappa shape index (κ2) is 11.4. The van der Waals surface area contributed by atoms with Crippen LogP contribution in [0.1, 0.15) is 51.5 Å². The molecular weight excluding hydrogens is 625 g/mol. The molecular formula is C31H30IrN2O2-2. The molecule has 5 heteroatoms. The van der Waals surface area contributed by atoms with Crippen LogP contribution in [0.15, 0.2) is 66.5 Å². The summed E-state index contributed by atoms with van der Waals surface area (Å²) < 4.78 is 6.17. The van der Waals surface area contributed by atoms with Crippen LogP contribution in [0.2, 0.25) is 0 Å². The molecule has 2 aliphatic rings. The van der Waals surface area contributed by atoms with Gasteiger partial charge in [-0.05, 0) is 43.0 Å². The van der Waals surface area contributed by atoms with Crippen LogP contribution in [-0.2, 0) is 24.9 Å². The molecule has 6 rings (SSSR count). The van der Waals surface area contributed by atoms with Crippen molar-refractivity contribution in [2.45, 2.75) is 58.9 Å². The van der Waals surface area contributed by atoms with Crippen LogP contribution >= 0.6 is 0 Å². The number of aryl methyl sites for hydroxylation is 1. The predicted octanol–water partition coefficient (Wildman–Crippen LogP) is 8.45. The minimum absolute atomic E-state index is 0. The Kier molecular flexibility index (Phi) is 8.23. The zero-order valence-electron chi connectivity index (χ0n) is 20.9. The minimum Gasteiger partial charge on any atom is -0.685 e. The van der Waals surface area contributed by atoms with Gasteiger partial charge in [-0.15, -0.1) is 23.6 Å². The summed E-state index contributed by atoms with van der Waals surface area (Å²) in [6, 6.07) is 20.5. The Labute approximate surface area is 226 Å². The Morgan fingerprint density at radius 3 is 2.58 bits per heavy atom. The summed E-state index contributed by atoms with van der Waals surface area (Å²) in [6.45, 7) is 5.57. The molecule has 0 bridgehead atoms. The second-order valence-electron chi connectivity index (χ2n) is 9.54. The predicted molar refractivity (Wildman–Crippen MR) is 143 cm³/mol. The molecule has 2 heterocycles. The number of carbonyl (C=O) groups excluding carboxylic acids is 1. The van der Waals surface area contributed by atoms with Crippen molar-refractivity contribution in [1.29, 1.82) is 0 Å². The van der Waals surface area contributed by atoms with Crippen molar-refractivity contribution >= 4 is 27.3 Å². The smallest absolute Gasteiger partial charge is 0.151 e. The first-order valence-corrected chi connectivity index (χ1v) is 12.4. The van der Waals surface area contributed by atoms with Crippen LogP contribution in [0.5, 0.6) is 11.5 Å². The number of hydrogen-bond donors (Lipinski definition) is 0. The van der Waals surface area contributed by atoms with Crippen molar-refractivity contribution in [3.8, 4) is 22.8 Å². The zero-order valence-corrected chi connectivity index (χ0v) is 23.3. The van der Waals surface area contributed by atoms with Crippen molar-refractivity contribution in [3.63, 3.8) is 0 Å². The van der Waals surface area contributed by atoms with Gasteiger partial charge in [0.2, 0.25) is 0 Å². The van der Waals surface area contributed by atoms with E-state index in [1.165, 1.54) is 37.7 Å². The average Bonchev–Trinajstić information content (AvgIpc) is 2.83. The average molecular weight is 655 g/mol. The molecule has 1 aliphatic heterocycles. The molecule has 1 aromatic heterocycles. The topological polar surface area (TPSA) is 53.3 Å². The summed E-state index contributed by atoms with van der Waals surface area (Å²) in [5.41, 5.74) is 3.98. The van der Waals surface area contributed by atoms with Crippen LogP contribution in [-0.4, -0.2) is 16.8 Å². The Hall–Kier alpha value is -3.01. The van der Waals surface area contributed by atoms with E-state index in [9.17, 15) is 4.79 Å². The zero-order chi connectivity index (χ0) is 24.4. The van der Waals surface area contributed by atoms with Crippen LogP contribution < -0.4 is 4.74 Å². The van der Waals surface area contributed by atoms with Crippen molar-refractivity contribution in [1.82, 2.24) is 4.98 Å². The first kappa shape index (κ1) is 26.1. The normalized spacial score (nSPS) is 14.7. The molecule has 1 fully saturated rings. The van der Waals surface area contributed by atoms with Crippen molar-refractivity contribution in [2.24, 2.45) is 0 Å². The summed E-state index contributed by atoms with van der Waals surface area (Å²) in [7, 11) is 0. The maximum Gasteiger partial charge on any atom is 0.151 e. The number of hydrogen-bond acceptors (Lipinski definition) is 3. The second-order valence-corrected chi connectivity index (χ2v) is 9.54. The summed E-state index contributed by atoms with van der Waals surface area (Å²) >= 11 is 0. The fourth-order valence-corrected chi connectivity index (χ4v) is 5.04. The van der Waals surface area contributed by atoms with Gasteiger partial charge in [0.15, 0.2) is 5.78 Å². The van der Waals surface area contributed by atoms with Gasteiger partial charge in [-0.3, -0.25) is 9.78 Å². The van der Waals surface area contributed by atoms with Crippen molar-refractivity contribution in [2.75, 3.05) is 0 Å². The van der Waals surface area contributed by atoms with Gasteiger partial charge in [0.05, 0.1) is 5.75 Å². The van der Waals surface area contributed by atoms with Gasteiger partial charge in [-0.25, -0.2) is 0 Å². The number of ether oxygens (including phenoxy) is 1. The molecule has 0 N–H and O–H groups in total. The number of rotatable bonds is 3. The summed E-state index contributed by atoms with van der Waals surface area (Å²) in [5, 5.41) is 8.96. The number of pyridine rings is 1. The number of ketones is 1. The first-order chi connectivity index (χ1) is 17.0. The molecule has 1 radical (unpaired) electrons. The quantitative estimate of drug-likeness (QED) is 0.145. The van der Waals surface area contributed by atoms with E-state index >= 15 is 0 Å². The molecule has 1 saturated carbocycles. The van der Waals surface area contributed by atoms with E-state index in [4.69, 9.17) is 4.74 Å². The molecule has 4 aromatic rings. The van der Waals surface area contributed by atoms with Crippen molar-refractivity contribution < 1.29 is 29.6 Å². The molecule has 0 spiro atoms. The standard InChI is InChI=1S/C20H12NO.C11H19NO.Ir/c1-12-8-15-6-7-21-20-16-10-13-4-2-3-5-14(13)11-17(16)22-18(9-12)19(15)20;1-9(8-10(2)13)12-11-6-4-3-5-7-11;/h2-9,11H,1H3;8,11H,3-7H2,1-2H3,(H,12,13);/q-1;;/p-1. The summed E-state index contributed by atoms with van der Waals surface area (Å²) in [4.78, 5) is 15.4. The van der Waals surface area contributed by atoms with Gasteiger partial charge in [0, 0.05) is 37.4 Å². The third-order valence-corrected chi connectivity index (χ3v) is 6.55. The van der Waals surface area contributed by atoms with Crippen LogP contribution in [0.3, 0.4) is 0 Å². The molecule has 4 nitrogen and oxygen atoms in total. The van der Waals surface area contributed by atoms with E-state index in [-0.39, 0.29) is 25.9 Å². The monoisotopic (exact) mass is 655 g/mol. The molecule has 187 valence electrons. The maximum absolute atomic E-state index is 10.8. The van der Waals surface area contributed by atoms with E-state index in [0.29, 0.717) is 6.04 Å². The van der Waals surface area contributed by atoms with Crippen LogP contribution in [0.4, 0.5) is 0 Å². The molecule has 1 aliphatic carbocycles. The maximum atomic E-state index is 10.8. The summed E-state index contributed by atoms with van der Waals surface area (Å²) in [6.07, 6.45) is 9.81. The molecule has 3 aromatic carbocycles. The Balaban J connectivity index is 0.000000189. The molecule has 36 heavy (non-hydrogen) atoms. The number of fused-ring (bicyclic) bond motifs is 3. The summed E-state index contributed by atoms with van der Waals surface area (Å²) in [5.74, 6) is 1.81. The molecule has 0 atom stereocenters. The van der Waals surface area contributed by atoms with E-state index in [1.807, 2.05) is 31.3 Å². The van der Waals surface area contributed by atoms with Crippen molar-refractivity contribution in [3.05, 3.63) is 83.4 Å². The van der Waals surface area contributed by atoms with Gasteiger partial charge in [0.25, 0.3) is 0 Å². The van der Waals surface area contributed by atoms with Gasteiger partial charge >= 0.3 is 0 Å². The molecule has 0 saturated heterocycles.